The Morgan fingerprint density at radius 1 is 1.03 bits per heavy atom. The molecule has 2 aromatic carbocycles. The third kappa shape index (κ3) is 5.94. The normalized spacial score (nSPS) is 15.2. The molecule has 1 aliphatic heterocycles. The third-order valence-electron chi connectivity index (χ3n) is 4.53. The Bertz CT molecular complexity index is 1020. The number of nitrogens with zero attached hydrogens (tertiary/aromatic N) is 2. The van der Waals surface area contributed by atoms with Crippen molar-refractivity contribution >= 4 is 28.7 Å². The summed E-state index contributed by atoms with van der Waals surface area (Å²) in [5, 5.41) is 8.14. The van der Waals surface area contributed by atoms with Crippen LogP contribution in [-0.2, 0) is 9.59 Å². The van der Waals surface area contributed by atoms with E-state index in [1.165, 1.54) is 30.6 Å². The molecular weight excluding hydrogens is 430 g/mol. The summed E-state index contributed by atoms with van der Waals surface area (Å²) < 4.78 is 17.1. The van der Waals surface area contributed by atoms with Crippen molar-refractivity contribution in [3.63, 3.8) is 0 Å². The minimum atomic E-state index is -0.412. The first-order valence-corrected chi connectivity index (χ1v) is 11.0. The molecule has 2 aromatic rings. The number of ether oxygens (including phenoxy) is 3. The Morgan fingerprint density at radius 2 is 1.72 bits per heavy atom. The second kappa shape index (κ2) is 10.4. The molecular formula is C23H27N3O5S. The van der Waals surface area contributed by atoms with Crippen molar-refractivity contribution in [1.29, 1.82) is 0 Å². The molecule has 1 N–H and O–H groups in total. The van der Waals surface area contributed by atoms with Crippen LogP contribution in [0.15, 0.2) is 41.5 Å². The number of nitrogens with one attached hydrogen (secondary N) is 1. The van der Waals surface area contributed by atoms with Crippen molar-refractivity contribution in [1.82, 2.24) is 10.3 Å². The van der Waals surface area contributed by atoms with Crippen LogP contribution in [0.4, 0.5) is 0 Å². The maximum Gasteiger partial charge on any atom is 0.241 e. The maximum absolute atomic E-state index is 12.0. The van der Waals surface area contributed by atoms with Crippen molar-refractivity contribution in [2.75, 3.05) is 20.3 Å². The molecule has 170 valence electrons. The predicted octanol–water partition coefficient (Wildman–Crippen LogP) is 3.77. The molecule has 0 aliphatic carbocycles. The number of carbonyl (C=O) groups is 2. The van der Waals surface area contributed by atoms with Crippen LogP contribution in [0.5, 0.6) is 17.2 Å². The molecule has 0 radical (unpaired) electrons. The fraction of sp³-hybridized carbons (Fsp3) is 0.348. The van der Waals surface area contributed by atoms with Gasteiger partial charge in [0.15, 0.2) is 16.7 Å². The largest absolute Gasteiger partial charge is 0.493 e. The van der Waals surface area contributed by atoms with Crippen LogP contribution < -0.4 is 19.5 Å². The van der Waals surface area contributed by atoms with Gasteiger partial charge in [-0.05, 0) is 54.8 Å². The van der Waals surface area contributed by atoms with Crippen molar-refractivity contribution in [2.24, 2.45) is 5.10 Å². The summed E-state index contributed by atoms with van der Waals surface area (Å²) in [4.78, 5) is 23.4. The molecule has 0 fully saturated rings. The number of hydrazone groups is 1. The van der Waals surface area contributed by atoms with Crippen molar-refractivity contribution < 1.29 is 23.8 Å². The van der Waals surface area contributed by atoms with E-state index in [0.717, 1.165) is 22.4 Å². The average Bonchev–Trinajstić information content (AvgIpc) is 3.14. The number of benzene rings is 2. The zero-order valence-electron chi connectivity index (χ0n) is 18.8. The molecule has 1 aliphatic rings. The molecule has 1 heterocycles. The molecule has 0 bridgehead atoms. The highest BCUT2D eigenvalue weighted by atomic mass is 32.2. The molecule has 3 rings (SSSR count). The quantitative estimate of drug-likeness (QED) is 0.637. The highest BCUT2D eigenvalue weighted by molar-refractivity contribution is 8.14. The number of methoxy groups -OCH3 is 1. The van der Waals surface area contributed by atoms with Gasteiger partial charge in [0, 0.05) is 13.8 Å². The molecule has 8 nitrogen and oxygen atoms in total. The minimum Gasteiger partial charge on any atom is -0.493 e. The Kier molecular flexibility index (Phi) is 7.63. The van der Waals surface area contributed by atoms with Crippen LogP contribution in [-0.4, -0.2) is 42.3 Å². The van der Waals surface area contributed by atoms with E-state index in [0.29, 0.717) is 29.9 Å². The fourth-order valence-corrected chi connectivity index (χ4v) is 4.39. The van der Waals surface area contributed by atoms with Gasteiger partial charge >= 0.3 is 0 Å². The summed E-state index contributed by atoms with van der Waals surface area (Å²) in [5.41, 5.74) is 3.09. The Labute approximate surface area is 191 Å². The van der Waals surface area contributed by atoms with Crippen LogP contribution in [0.3, 0.4) is 0 Å². The van der Waals surface area contributed by atoms with E-state index in [1.54, 1.807) is 19.2 Å². The highest BCUT2D eigenvalue weighted by Gasteiger charge is 2.32. The number of amides is 2. The zero-order valence-corrected chi connectivity index (χ0v) is 19.6. The van der Waals surface area contributed by atoms with Crippen molar-refractivity contribution in [3.8, 4) is 17.2 Å². The van der Waals surface area contributed by atoms with Crippen molar-refractivity contribution in [2.45, 2.75) is 33.1 Å². The summed E-state index contributed by atoms with van der Waals surface area (Å²) in [6.45, 7) is 7.62. The lowest BCUT2D eigenvalue weighted by Crippen LogP contribution is -2.25. The second-order valence-corrected chi connectivity index (χ2v) is 8.42. The number of carbonyl (C=O) groups excluding carboxylic acids is 2. The number of thioether (sulfide) groups is 1. The van der Waals surface area contributed by atoms with Crippen LogP contribution in [0.2, 0.25) is 0 Å². The van der Waals surface area contributed by atoms with Gasteiger partial charge in [0.25, 0.3) is 0 Å². The Balaban J connectivity index is 1.65. The van der Waals surface area contributed by atoms with Crippen LogP contribution in [0.1, 0.15) is 35.9 Å². The monoisotopic (exact) mass is 457 g/mol. The minimum absolute atomic E-state index is 0.231. The lowest BCUT2D eigenvalue weighted by molar-refractivity contribution is -0.129. The molecule has 0 saturated carbocycles. The summed E-state index contributed by atoms with van der Waals surface area (Å²) in [6.07, 6.45) is 0. The number of hydrogen-bond donors (Lipinski definition) is 1. The maximum atomic E-state index is 12.0. The van der Waals surface area contributed by atoms with E-state index in [2.05, 4.69) is 16.5 Å². The number of rotatable bonds is 7. The summed E-state index contributed by atoms with van der Waals surface area (Å²) in [6, 6.07) is 11.5. The Hall–Kier alpha value is -3.20. The summed E-state index contributed by atoms with van der Waals surface area (Å²) in [5.74, 6) is 1.44. The first kappa shape index (κ1) is 23.5. The third-order valence-corrected chi connectivity index (χ3v) is 5.63. The van der Waals surface area contributed by atoms with E-state index >= 15 is 0 Å². The number of hydrogen-bond acceptors (Lipinski definition) is 7. The standard InChI is InChI=1S/C23H27N3O5S/c1-14-10-15(2)12-19(11-14)30-8-9-31-20-7-6-18(13-21(20)29-5)22-26(17(4)28)25-23(32-22)24-16(3)27/h6-7,10-13,22H,8-9H2,1-5H3,(H,24,25,27). The first-order valence-electron chi connectivity index (χ1n) is 10.1. The fourth-order valence-electron chi connectivity index (χ4n) is 3.26. The van der Waals surface area contributed by atoms with E-state index in [4.69, 9.17) is 14.2 Å². The lowest BCUT2D eigenvalue weighted by atomic mass is 10.1. The topological polar surface area (TPSA) is 89.5 Å². The second-order valence-electron chi connectivity index (χ2n) is 7.35. The van der Waals surface area contributed by atoms with Crippen molar-refractivity contribution in [3.05, 3.63) is 53.1 Å². The van der Waals surface area contributed by atoms with Gasteiger partial charge in [-0.1, -0.05) is 23.9 Å². The Morgan fingerprint density at radius 3 is 2.34 bits per heavy atom. The van der Waals surface area contributed by atoms with Gasteiger partial charge in [0.2, 0.25) is 11.8 Å². The molecule has 1 unspecified atom stereocenters. The van der Waals surface area contributed by atoms with Crippen LogP contribution >= 0.6 is 11.8 Å². The summed E-state index contributed by atoms with van der Waals surface area (Å²) in [7, 11) is 1.56. The van der Waals surface area contributed by atoms with Crippen LogP contribution in [0.25, 0.3) is 0 Å². The zero-order chi connectivity index (χ0) is 23.3. The van der Waals surface area contributed by atoms with Crippen LogP contribution in [0, 0.1) is 13.8 Å². The average molecular weight is 458 g/mol. The smallest absolute Gasteiger partial charge is 0.241 e. The summed E-state index contributed by atoms with van der Waals surface area (Å²) >= 11 is 1.28. The molecule has 32 heavy (non-hydrogen) atoms. The van der Waals surface area contributed by atoms with Gasteiger partial charge in [0.1, 0.15) is 24.3 Å². The molecule has 0 aromatic heterocycles. The molecule has 1 atom stereocenters. The SMILES string of the molecule is COc1cc(C2SC(NC(C)=O)=NN2C(C)=O)ccc1OCCOc1cc(C)cc(C)c1. The van der Waals surface area contributed by atoms with E-state index in [-0.39, 0.29) is 11.8 Å². The first-order chi connectivity index (χ1) is 15.3. The molecule has 0 saturated heterocycles. The molecule has 2 amide bonds. The highest BCUT2D eigenvalue weighted by Crippen LogP contribution is 2.41. The molecule has 0 spiro atoms. The van der Waals surface area contributed by atoms with Gasteiger partial charge in [0.05, 0.1) is 7.11 Å². The van der Waals surface area contributed by atoms with Gasteiger partial charge in [-0.2, -0.15) is 0 Å². The van der Waals surface area contributed by atoms with E-state index < -0.39 is 5.37 Å². The number of amidine groups is 1. The number of aryl methyl sites for hydroxylation is 2. The van der Waals surface area contributed by atoms with E-state index in [9.17, 15) is 9.59 Å². The van der Waals surface area contributed by atoms with Gasteiger partial charge in [-0.25, -0.2) is 5.01 Å². The predicted molar refractivity (Wildman–Crippen MR) is 124 cm³/mol. The van der Waals surface area contributed by atoms with E-state index in [1.807, 2.05) is 32.0 Å². The van der Waals surface area contributed by atoms with Gasteiger partial charge in [-0.15, -0.1) is 5.10 Å². The lowest BCUT2D eigenvalue weighted by Gasteiger charge is -2.20. The molecule has 9 heteroatoms. The van der Waals surface area contributed by atoms with Gasteiger partial charge < -0.3 is 19.5 Å². The van der Waals surface area contributed by atoms with Gasteiger partial charge in [-0.3, -0.25) is 9.59 Å².